The summed E-state index contributed by atoms with van der Waals surface area (Å²) < 4.78 is 58.3. The first-order chi connectivity index (χ1) is 7.85. The molecule has 0 fully saturated rings. The van der Waals surface area contributed by atoms with E-state index in [1.165, 1.54) is 25.3 Å². The van der Waals surface area contributed by atoms with Crippen LogP contribution in [0.25, 0.3) is 0 Å². The molecule has 3 nitrogen and oxygen atoms in total. The molecule has 17 heavy (non-hydrogen) atoms. The van der Waals surface area contributed by atoms with E-state index in [1.54, 1.807) is 0 Å². The Balaban J connectivity index is 2.72. The number of benzene rings is 1. The van der Waals surface area contributed by atoms with Gasteiger partial charge in [0.2, 0.25) is 0 Å². The van der Waals surface area contributed by atoms with Gasteiger partial charge in [0.1, 0.15) is 11.5 Å². The van der Waals surface area contributed by atoms with E-state index in [4.69, 9.17) is 10.5 Å². The quantitative estimate of drug-likeness (QED) is 0.648. The predicted octanol–water partition coefficient (Wildman–Crippen LogP) is 2.56. The zero-order valence-corrected chi connectivity index (χ0v) is 8.92. The van der Waals surface area contributed by atoms with Crippen molar-refractivity contribution in [1.82, 2.24) is 0 Å². The van der Waals surface area contributed by atoms with Crippen molar-refractivity contribution in [3.8, 4) is 11.5 Å². The minimum absolute atomic E-state index is 0.0535. The van der Waals surface area contributed by atoms with Crippen LogP contribution in [0, 0.1) is 0 Å². The number of ether oxygens (including phenoxy) is 2. The van der Waals surface area contributed by atoms with Crippen molar-refractivity contribution in [2.45, 2.75) is 12.3 Å². The second-order valence-electron chi connectivity index (χ2n) is 3.29. The van der Waals surface area contributed by atoms with Crippen LogP contribution in [0.1, 0.15) is 0 Å². The lowest BCUT2D eigenvalue weighted by molar-refractivity contribution is -0.148. The summed E-state index contributed by atoms with van der Waals surface area (Å²) in [5.74, 6) is -3.96. The lowest BCUT2D eigenvalue weighted by atomic mass is 10.3. The van der Waals surface area contributed by atoms with Gasteiger partial charge in [-0.05, 0) is 0 Å². The van der Waals surface area contributed by atoms with E-state index >= 15 is 0 Å². The topological polar surface area (TPSA) is 44.5 Å². The molecule has 7 heteroatoms. The maximum atomic E-state index is 12.6. The van der Waals surface area contributed by atoms with Gasteiger partial charge in [0.05, 0.1) is 7.11 Å². The molecule has 0 unspecified atom stereocenters. The highest BCUT2D eigenvalue weighted by atomic mass is 19.3. The molecule has 0 radical (unpaired) electrons. The van der Waals surface area contributed by atoms with Gasteiger partial charge in [0.15, 0.2) is 6.61 Å². The van der Waals surface area contributed by atoms with E-state index in [1.807, 2.05) is 0 Å². The van der Waals surface area contributed by atoms with Crippen molar-refractivity contribution < 1.29 is 27.0 Å². The Morgan fingerprint density at radius 3 is 2.35 bits per heavy atom. The van der Waals surface area contributed by atoms with Gasteiger partial charge in [-0.15, -0.1) is 0 Å². The van der Waals surface area contributed by atoms with Crippen molar-refractivity contribution in [2.24, 2.45) is 0 Å². The first-order valence-electron chi connectivity index (χ1n) is 4.58. The zero-order chi connectivity index (χ0) is 13.1. The molecule has 0 aromatic heterocycles. The Hall–Kier alpha value is -1.66. The predicted molar refractivity (Wildman–Crippen MR) is 53.9 cm³/mol. The van der Waals surface area contributed by atoms with E-state index in [2.05, 4.69) is 4.74 Å². The molecule has 0 amide bonds. The summed E-state index contributed by atoms with van der Waals surface area (Å²) in [6, 6.07) is 3.96. The molecule has 0 bridgehead atoms. The van der Waals surface area contributed by atoms with Gasteiger partial charge in [-0.1, -0.05) is 0 Å². The summed E-state index contributed by atoms with van der Waals surface area (Å²) in [6.45, 7) is -1.42. The summed E-state index contributed by atoms with van der Waals surface area (Å²) in [4.78, 5) is 0. The Kier molecular flexibility index (Phi) is 4.03. The van der Waals surface area contributed by atoms with Crippen molar-refractivity contribution >= 4 is 5.69 Å². The summed E-state index contributed by atoms with van der Waals surface area (Å²) in [5.41, 5.74) is 5.66. The first-order valence-corrected chi connectivity index (χ1v) is 4.58. The van der Waals surface area contributed by atoms with Crippen LogP contribution in [-0.2, 0) is 0 Å². The smallest absolute Gasteiger partial charge is 0.340 e. The molecule has 0 saturated heterocycles. The molecule has 0 aliphatic carbocycles. The van der Waals surface area contributed by atoms with Crippen LogP contribution in [0.4, 0.5) is 23.2 Å². The van der Waals surface area contributed by atoms with Crippen molar-refractivity contribution in [2.75, 3.05) is 19.5 Å². The van der Waals surface area contributed by atoms with Crippen molar-refractivity contribution in [3.63, 3.8) is 0 Å². The van der Waals surface area contributed by atoms with Crippen molar-refractivity contribution in [3.05, 3.63) is 18.2 Å². The molecule has 0 aliphatic heterocycles. The summed E-state index contributed by atoms with van der Waals surface area (Å²) in [6.07, 6.45) is -3.77. The van der Waals surface area contributed by atoms with Crippen LogP contribution in [-0.4, -0.2) is 26.1 Å². The Morgan fingerprint density at radius 1 is 1.24 bits per heavy atom. The minimum atomic E-state index is -4.20. The summed E-state index contributed by atoms with van der Waals surface area (Å²) >= 11 is 0. The number of hydrogen-bond donors (Lipinski definition) is 1. The Morgan fingerprint density at radius 2 is 1.82 bits per heavy atom. The Labute approximate surface area is 95.1 Å². The van der Waals surface area contributed by atoms with Crippen molar-refractivity contribution in [1.29, 1.82) is 0 Å². The highest BCUT2D eigenvalue weighted by Crippen LogP contribution is 2.27. The maximum absolute atomic E-state index is 12.6. The molecule has 0 saturated carbocycles. The normalized spacial score (nSPS) is 11.6. The van der Waals surface area contributed by atoms with E-state index in [-0.39, 0.29) is 11.4 Å². The Bertz CT molecular complexity index is 385. The number of hydrogen-bond acceptors (Lipinski definition) is 3. The maximum Gasteiger partial charge on any atom is 0.340 e. The number of nitrogens with two attached hydrogens (primary N) is 1. The fourth-order valence-electron chi connectivity index (χ4n) is 1.04. The molecule has 1 aromatic carbocycles. The second kappa shape index (κ2) is 5.11. The average molecular weight is 253 g/mol. The lowest BCUT2D eigenvalue weighted by Gasteiger charge is -2.16. The molecule has 1 rings (SSSR count). The van der Waals surface area contributed by atoms with Gasteiger partial charge in [-0.25, -0.2) is 8.78 Å². The van der Waals surface area contributed by atoms with E-state index in [0.717, 1.165) is 0 Å². The van der Waals surface area contributed by atoms with Gasteiger partial charge in [0.25, 0.3) is 0 Å². The largest absolute Gasteiger partial charge is 0.497 e. The second-order valence-corrected chi connectivity index (χ2v) is 3.29. The monoisotopic (exact) mass is 253 g/mol. The standard InChI is InChI=1S/C10H11F4NO2/c1-16-7-2-6(15)3-8(4-7)17-5-10(13,14)9(11)12/h2-4,9H,5,15H2,1H3. The minimum Gasteiger partial charge on any atom is -0.497 e. The third-order valence-electron chi connectivity index (χ3n) is 1.89. The van der Waals surface area contributed by atoms with Crippen LogP contribution < -0.4 is 15.2 Å². The fraction of sp³-hybridized carbons (Fsp3) is 0.400. The number of alkyl halides is 4. The van der Waals surface area contributed by atoms with Crippen LogP contribution >= 0.6 is 0 Å². The lowest BCUT2D eigenvalue weighted by Crippen LogP contribution is -2.33. The SMILES string of the molecule is COc1cc(N)cc(OCC(F)(F)C(F)F)c1. The molecular formula is C10H11F4NO2. The molecule has 0 spiro atoms. The van der Waals surface area contributed by atoms with Gasteiger partial charge in [-0.3, -0.25) is 0 Å². The van der Waals surface area contributed by atoms with Gasteiger partial charge >= 0.3 is 12.3 Å². The van der Waals surface area contributed by atoms with Crippen LogP contribution in [0.3, 0.4) is 0 Å². The van der Waals surface area contributed by atoms with Gasteiger partial charge < -0.3 is 15.2 Å². The molecule has 0 atom stereocenters. The molecule has 0 aliphatic rings. The number of methoxy groups -OCH3 is 1. The van der Waals surface area contributed by atoms with E-state index in [9.17, 15) is 17.6 Å². The summed E-state index contributed by atoms with van der Waals surface area (Å²) in [5, 5.41) is 0. The highest BCUT2D eigenvalue weighted by Gasteiger charge is 2.41. The number of rotatable bonds is 5. The number of anilines is 1. The molecule has 96 valence electrons. The first kappa shape index (κ1) is 13.4. The van der Waals surface area contributed by atoms with Crippen LogP contribution in [0.15, 0.2) is 18.2 Å². The average Bonchev–Trinajstić information content (AvgIpc) is 2.25. The van der Waals surface area contributed by atoms with Crippen LogP contribution in [0.2, 0.25) is 0 Å². The third kappa shape index (κ3) is 3.69. The third-order valence-corrected chi connectivity index (χ3v) is 1.89. The number of nitrogen functional groups attached to an aromatic ring is 1. The van der Waals surface area contributed by atoms with E-state index in [0.29, 0.717) is 5.75 Å². The zero-order valence-electron chi connectivity index (χ0n) is 8.92. The van der Waals surface area contributed by atoms with Crippen LogP contribution in [0.5, 0.6) is 11.5 Å². The highest BCUT2D eigenvalue weighted by molar-refractivity contribution is 5.50. The number of halogens is 4. The molecule has 0 heterocycles. The van der Waals surface area contributed by atoms with E-state index < -0.39 is 19.0 Å². The van der Waals surface area contributed by atoms with Gasteiger partial charge in [0, 0.05) is 23.9 Å². The molecule has 2 N–H and O–H groups in total. The molecule has 1 aromatic rings. The van der Waals surface area contributed by atoms with Gasteiger partial charge in [-0.2, -0.15) is 8.78 Å². The molecular weight excluding hydrogens is 242 g/mol. The fourth-order valence-corrected chi connectivity index (χ4v) is 1.04. The summed E-state index contributed by atoms with van der Waals surface area (Å²) in [7, 11) is 1.35.